The monoisotopic (exact) mass is 1170 g/mol. The summed E-state index contributed by atoms with van der Waals surface area (Å²) in [5.74, 6) is 0. The van der Waals surface area contributed by atoms with E-state index in [-0.39, 0.29) is 0 Å². The Hall–Kier alpha value is -11.3. The van der Waals surface area contributed by atoms with Gasteiger partial charge in [-0.3, -0.25) is 9.97 Å². The first-order valence-electron chi connectivity index (χ1n) is 29.9. The van der Waals surface area contributed by atoms with Crippen LogP contribution in [-0.4, -0.2) is 46.2 Å². The van der Waals surface area contributed by atoms with E-state index in [1.54, 1.807) is 18.3 Å². The fourth-order valence-electron chi connectivity index (χ4n) is 13.1. The second-order valence-electron chi connectivity index (χ2n) is 22.4. The van der Waals surface area contributed by atoms with Crippen LogP contribution in [0.15, 0.2) is 304 Å². The molecule has 8 nitrogen and oxygen atoms in total. The predicted molar refractivity (Wildman–Crippen MR) is 375 cm³/mol. The van der Waals surface area contributed by atoms with E-state index in [9.17, 15) is 10.0 Å². The molecule has 0 saturated carbocycles. The van der Waals surface area contributed by atoms with E-state index in [4.69, 9.17) is 21.6 Å². The molecule has 424 valence electrons. The Morgan fingerprint density at radius 1 is 0.278 bits per heavy atom. The second kappa shape index (κ2) is 22.8. The third-order valence-corrected chi connectivity index (χ3v) is 17.4. The highest BCUT2D eigenvalue weighted by molar-refractivity contribution is 6.58. The van der Waals surface area contributed by atoms with Gasteiger partial charge < -0.3 is 19.2 Å². The highest BCUT2D eigenvalue weighted by Crippen LogP contribution is 2.39. The highest BCUT2D eigenvalue weighted by Gasteiger charge is 2.18. The number of benzene rings is 14. The molecule has 4 heterocycles. The quantitative estimate of drug-likeness (QED) is 0.127. The Labute approximate surface area is 522 Å². The molecule has 0 saturated heterocycles. The number of halogens is 1. The molecule has 10 heteroatoms. The van der Waals surface area contributed by atoms with Crippen LogP contribution in [0.2, 0.25) is 5.15 Å². The lowest BCUT2D eigenvalue weighted by Crippen LogP contribution is -2.29. The van der Waals surface area contributed by atoms with Crippen LogP contribution >= 0.6 is 11.6 Å². The van der Waals surface area contributed by atoms with Gasteiger partial charge in [0.05, 0.1) is 62.2 Å². The van der Waals surface area contributed by atoms with E-state index in [0.29, 0.717) is 10.6 Å². The van der Waals surface area contributed by atoms with E-state index in [1.807, 2.05) is 48.7 Å². The molecule has 0 atom stereocenters. The van der Waals surface area contributed by atoms with Crippen molar-refractivity contribution >= 4 is 133 Å². The minimum absolute atomic E-state index is 0.424. The molecule has 0 spiro atoms. The zero-order valence-corrected chi connectivity index (χ0v) is 49.2. The highest BCUT2D eigenvalue weighted by atomic mass is 35.5. The van der Waals surface area contributed by atoms with Gasteiger partial charge in [-0.1, -0.05) is 242 Å². The number of aromatic nitrogens is 6. The second-order valence-corrected chi connectivity index (χ2v) is 22.8. The third kappa shape index (κ3) is 9.53. The molecular formula is C80H52BClN6O2. The molecular weight excluding hydrogens is 1120 g/mol. The summed E-state index contributed by atoms with van der Waals surface area (Å²) in [5.41, 5.74) is 17.7. The molecule has 14 aromatic carbocycles. The standard InChI is InChI=1S/C40H25N3.C24H18BNO2.C16H9ClN2/c1-2-10-29(11-3-1)43-37-17-9-8-14-32(37)35-24-28(22-23-38(35)43)26-18-20-27(21-19-26)36-25-41-39-33-15-6-4-12-30(33)31-13-5-7-16-34(31)40(39)42-36;27-25(28)19-13-10-17(11-14-19)18-12-15-24-22(16-18)21-8-4-5-9-23(21)26(24)20-6-2-1-3-7-20;17-14-9-18-15-12-7-3-1-5-10(12)11-6-2-4-8-13(11)16(15)19-14/h1-25H;1-16,27-28H;1-9H. The molecule has 18 aromatic rings. The number of nitrogens with zero attached hydrogens (tertiary/aromatic N) is 6. The molecule has 0 fully saturated rings. The molecule has 0 amide bonds. The van der Waals surface area contributed by atoms with Crippen molar-refractivity contribution in [3.8, 4) is 44.9 Å². The van der Waals surface area contributed by atoms with Gasteiger partial charge in [-0.05, 0) is 110 Å². The summed E-state index contributed by atoms with van der Waals surface area (Å²) in [6.07, 6.45) is 3.51. The van der Waals surface area contributed by atoms with Gasteiger partial charge in [0, 0.05) is 60.0 Å². The van der Waals surface area contributed by atoms with Gasteiger partial charge in [0.2, 0.25) is 0 Å². The van der Waals surface area contributed by atoms with Gasteiger partial charge in [-0.2, -0.15) is 0 Å². The van der Waals surface area contributed by atoms with Gasteiger partial charge in [0.15, 0.2) is 0 Å². The average Bonchev–Trinajstić information content (AvgIpc) is 1.24. The molecule has 2 N–H and O–H groups in total. The van der Waals surface area contributed by atoms with Crippen LogP contribution in [0, 0.1) is 0 Å². The van der Waals surface area contributed by atoms with Crippen LogP contribution in [0.1, 0.15) is 0 Å². The van der Waals surface area contributed by atoms with E-state index in [0.717, 1.165) is 71.7 Å². The maximum Gasteiger partial charge on any atom is 0.488 e. The molecule has 0 unspecified atom stereocenters. The van der Waals surface area contributed by atoms with Crippen molar-refractivity contribution in [2.24, 2.45) is 0 Å². The molecule has 4 aromatic heterocycles. The zero-order chi connectivity index (χ0) is 60.2. The Kier molecular flexibility index (Phi) is 13.7. The van der Waals surface area contributed by atoms with Crippen molar-refractivity contribution in [2.45, 2.75) is 0 Å². The summed E-state index contributed by atoms with van der Waals surface area (Å²) in [6.45, 7) is 0. The molecule has 0 radical (unpaired) electrons. The molecule has 0 aliphatic heterocycles. The normalized spacial score (nSPS) is 11.5. The smallest absolute Gasteiger partial charge is 0.423 e. The fourth-order valence-corrected chi connectivity index (χ4v) is 13.2. The molecule has 18 rings (SSSR count). The number of para-hydroxylation sites is 4. The predicted octanol–water partition coefficient (Wildman–Crippen LogP) is 19.1. The van der Waals surface area contributed by atoms with Crippen LogP contribution < -0.4 is 5.46 Å². The van der Waals surface area contributed by atoms with Gasteiger partial charge in [-0.15, -0.1) is 0 Å². The summed E-state index contributed by atoms with van der Waals surface area (Å²) in [6, 6.07) is 101. The fraction of sp³-hybridized carbons (Fsp3) is 0. The number of fused-ring (bicyclic) bond motifs is 18. The van der Waals surface area contributed by atoms with Crippen LogP contribution in [-0.2, 0) is 0 Å². The largest absolute Gasteiger partial charge is 0.488 e. The van der Waals surface area contributed by atoms with Crippen molar-refractivity contribution in [1.82, 2.24) is 29.1 Å². The van der Waals surface area contributed by atoms with Gasteiger partial charge in [0.25, 0.3) is 0 Å². The van der Waals surface area contributed by atoms with Crippen LogP contribution in [0.5, 0.6) is 0 Å². The van der Waals surface area contributed by atoms with Crippen molar-refractivity contribution in [2.75, 3.05) is 0 Å². The first-order valence-corrected chi connectivity index (χ1v) is 30.3. The Morgan fingerprint density at radius 3 is 1.06 bits per heavy atom. The average molecular weight is 1180 g/mol. The molecule has 0 aliphatic rings. The third-order valence-electron chi connectivity index (χ3n) is 17.3. The summed E-state index contributed by atoms with van der Waals surface area (Å²) in [5, 5.41) is 33.2. The lowest BCUT2D eigenvalue weighted by Gasteiger charge is -2.11. The first-order chi connectivity index (χ1) is 44.4. The summed E-state index contributed by atoms with van der Waals surface area (Å²) >= 11 is 6.00. The van der Waals surface area contributed by atoms with E-state index in [2.05, 4.69) is 256 Å². The summed E-state index contributed by atoms with van der Waals surface area (Å²) in [7, 11) is -1.44. The van der Waals surface area contributed by atoms with Crippen LogP contribution in [0.4, 0.5) is 0 Å². The number of hydrogen-bond donors (Lipinski definition) is 2. The van der Waals surface area contributed by atoms with Crippen molar-refractivity contribution in [1.29, 1.82) is 0 Å². The van der Waals surface area contributed by atoms with Gasteiger partial charge in [0.1, 0.15) is 5.15 Å². The topological polar surface area (TPSA) is 102 Å². The SMILES string of the molecule is Clc1cnc2c3ccccc3c3ccccc3c2n1.OB(O)c1ccc(-c2ccc3c(c2)c2ccccc2n3-c2ccccc2)cc1.c1ccc(-n2c3ccccc3c3cc(-c4ccc(-c5cnc6c7ccccc7c7ccccc7c6n5)cc4)ccc32)cc1. The molecule has 90 heavy (non-hydrogen) atoms. The maximum absolute atomic E-state index is 9.31. The Bertz CT molecular complexity index is 5710. The van der Waals surface area contributed by atoms with Crippen LogP contribution in [0.3, 0.4) is 0 Å². The number of rotatable bonds is 6. The molecule has 0 bridgehead atoms. The summed E-state index contributed by atoms with van der Waals surface area (Å²) < 4.78 is 4.64. The van der Waals surface area contributed by atoms with Crippen molar-refractivity contribution < 1.29 is 10.0 Å². The Balaban J connectivity index is 0.000000118. The van der Waals surface area contributed by atoms with E-state index in [1.165, 1.54) is 82.0 Å². The van der Waals surface area contributed by atoms with E-state index >= 15 is 0 Å². The van der Waals surface area contributed by atoms with Gasteiger partial charge in [-0.25, -0.2) is 9.97 Å². The summed E-state index contributed by atoms with van der Waals surface area (Å²) in [4.78, 5) is 19.0. The Morgan fingerprint density at radius 2 is 0.611 bits per heavy atom. The molecule has 0 aliphatic carbocycles. The first kappa shape index (κ1) is 54.1. The van der Waals surface area contributed by atoms with E-state index < -0.39 is 7.12 Å². The van der Waals surface area contributed by atoms with Crippen molar-refractivity contribution in [3.63, 3.8) is 0 Å². The lowest BCUT2D eigenvalue weighted by molar-refractivity contribution is 0.426. The maximum atomic E-state index is 9.31. The lowest BCUT2D eigenvalue weighted by atomic mass is 9.80. The van der Waals surface area contributed by atoms with Gasteiger partial charge >= 0.3 is 7.12 Å². The van der Waals surface area contributed by atoms with Crippen molar-refractivity contribution in [3.05, 3.63) is 309 Å². The number of hydrogen-bond acceptors (Lipinski definition) is 6. The zero-order valence-electron chi connectivity index (χ0n) is 48.4. The minimum atomic E-state index is -1.44. The van der Waals surface area contributed by atoms with Crippen LogP contribution in [0.25, 0.3) is 154 Å². The minimum Gasteiger partial charge on any atom is -0.423 e.